The molecule has 110 valence electrons. The number of rotatable bonds is 2. The quantitative estimate of drug-likeness (QED) is 0.847. The average molecular weight is 348 g/mol. The lowest BCUT2D eigenvalue weighted by Crippen LogP contribution is -2.20. The van der Waals surface area contributed by atoms with Crippen molar-refractivity contribution in [1.29, 1.82) is 0 Å². The number of aryl methyl sites for hydroxylation is 1. The van der Waals surface area contributed by atoms with Gasteiger partial charge in [0.15, 0.2) is 0 Å². The molecule has 0 saturated heterocycles. The summed E-state index contributed by atoms with van der Waals surface area (Å²) in [6, 6.07) is 9.59. The second-order valence-corrected chi connectivity index (χ2v) is 7.03. The van der Waals surface area contributed by atoms with Gasteiger partial charge in [-0.2, -0.15) is 0 Å². The van der Waals surface area contributed by atoms with Crippen molar-refractivity contribution in [2.75, 3.05) is 0 Å². The maximum atomic E-state index is 11.5. The molecule has 0 saturated carbocycles. The van der Waals surface area contributed by atoms with E-state index in [-0.39, 0.29) is 11.0 Å². The van der Waals surface area contributed by atoms with Gasteiger partial charge in [0.25, 0.3) is 0 Å². The Morgan fingerprint density at radius 1 is 1.19 bits per heavy atom. The van der Waals surface area contributed by atoms with Gasteiger partial charge in [0, 0.05) is 15.5 Å². The maximum absolute atomic E-state index is 11.5. The molecule has 0 bridgehead atoms. The summed E-state index contributed by atoms with van der Waals surface area (Å²) >= 11 is 3.42. The third kappa shape index (κ3) is 3.32. The highest BCUT2D eigenvalue weighted by atomic mass is 79.9. The van der Waals surface area contributed by atoms with Crippen molar-refractivity contribution in [1.82, 2.24) is 4.98 Å². The first-order valence-corrected chi connectivity index (χ1v) is 7.51. The van der Waals surface area contributed by atoms with Gasteiger partial charge in [-0.1, -0.05) is 48.8 Å². The number of carboxylic acid groups (broad SMARTS) is 1. The molecule has 1 heterocycles. The molecule has 21 heavy (non-hydrogen) atoms. The van der Waals surface area contributed by atoms with E-state index >= 15 is 0 Å². The summed E-state index contributed by atoms with van der Waals surface area (Å²) in [6.45, 7) is 7.82. The van der Waals surface area contributed by atoms with Crippen LogP contribution in [0.15, 0.2) is 34.8 Å². The summed E-state index contributed by atoms with van der Waals surface area (Å²) in [5.74, 6) is -0.933. The molecule has 0 amide bonds. The molecule has 2 rings (SSSR count). The molecule has 4 heteroatoms. The van der Waals surface area contributed by atoms with Crippen molar-refractivity contribution >= 4 is 21.9 Å². The van der Waals surface area contributed by atoms with Gasteiger partial charge in [0.05, 0.1) is 17.0 Å². The molecule has 1 N–H and O–H groups in total. The van der Waals surface area contributed by atoms with E-state index in [0.717, 1.165) is 21.3 Å². The van der Waals surface area contributed by atoms with Crippen molar-refractivity contribution in [3.8, 4) is 11.3 Å². The molecule has 0 atom stereocenters. The number of aromatic nitrogens is 1. The molecule has 1 aromatic heterocycles. The normalized spacial score (nSPS) is 11.5. The van der Waals surface area contributed by atoms with E-state index in [9.17, 15) is 9.90 Å². The van der Waals surface area contributed by atoms with Crippen LogP contribution in [0.2, 0.25) is 0 Å². The van der Waals surface area contributed by atoms with Crippen LogP contribution in [0, 0.1) is 6.92 Å². The van der Waals surface area contributed by atoms with Crippen LogP contribution in [0.3, 0.4) is 0 Å². The number of benzene rings is 1. The number of nitrogens with zero attached hydrogens (tertiary/aromatic N) is 1. The number of carboxylic acids is 1. The van der Waals surface area contributed by atoms with Gasteiger partial charge in [-0.15, -0.1) is 0 Å². The smallest absolute Gasteiger partial charge is 0.337 e. The zero-order chi connectivity index (χ0) is 15.8. The number of hydrogen-bond donors (Lipinski definition) is 1. The monoisotopic (exact) mass is 347 g/mol. The Kier molecular flexibility index (Phi) is 4.19. The van der Waals surface area contributed by atoms with E-state index in [4.69, 9.17) is 0 Å². The molecular formula is C17H18BrNO2. The molecule has 0 unspecified atom stereocenters. The Balaban J connectivity index is 2.69. The second kappa shape index (κ2) is 5.60. The highest BCUT2D eigenvalue weighted by molar-refractivity contribution is 9.10. The van der Waals surface area contributed by atoms with E-state index < -0.39 is 5.97 Å². The van der Waals surface area contributed by atoms with Crippen LogP contribution in [-0.4, -0.2) is 16.1 Å². The number of halogens is 1. The van der Waals surface area contributed by atoms with E-state index in [2.05, 4.69) is 20.9 Å². The van der Waals surface area contributed by atoms with Gasteiger partial charge in [-0.3, -0.25) is 4.98 Å². The van der Waals surface area contributed by atoms with E-state index in [1.54, 1.807) is 6.07 Å². The predicted octanol–water partition coefficient (Wildman–Crippen LogP) is 4.82. The fourth-order valence-electron chi connectivity index (χ4n) is 2.25. The first-order valence-electron chi connectivity index (χ1n) is 6.71. The van der Waals surface area contributed by atoms with Gasteiger partial charge in [-0.25, -0.2) is 4.79 Å². The minimum absolute atomic E-state index is 0.279. The Morgan fingerprint density at radius 2 is 1.76 bits per heavy atom. The Hall–Kier alpha value is -1.68. The fourth-order valence-corrected chi connectivity index (χ4v) is 2.51. The fraction of sp³-hybridized carbons (Fsp3) is 0.294. The van der Waals surface area contributed by atoms with Crippen molar-refractivity contribution < 1.29 is 9.90 Å². The van der Waals surface area contributed by atoms with Gasteiger partial charge >= 0.3 is 5.97 Å². The Morgan fingerprint density at radius 3 is 2.24 bits per heavy atom. The van der Waals surface area contributed by atoms with Crippen molar-refractivity contribution in [3.05, 3.63) is 51.6 Å². The zero-order valence-electron chi connectivity index (χ0n) is 12.6. The molecule has 0 fully saturated rings. The van der Waals surface area contributed by atoms with E-state index in [0.29, 0.717) is 5.69 Å². The largest absolute Gasteiger partial charge is 0.478 e. The van der Waals surface area contributed by atoms with E-state index in [1.807, 2.05) is 52.0 Å². The number of hydrogen-bond acceptors (Lipinski definition) is 2. The highest BCUT2D eigenvalue weighted by Gasteiger charge is 2.25. The predicted molar refractivity (Wildman–Crippen MR) is 87.8 cm³/mol. The topological polar surface area (TPSA) is 50.2 Å². The van der Waals surface area contributed by atoms with Crippen LogP contribution in [0.5, 0.6) is 0 Å². The average Bonchev–Trinajstić information content (AvgIpc) is 2.38. The lowest BCUT2D eigenvalue weighted by atomic mass is 9.87. The molecule has 0 aliphatic heterocycles. The summed E-state index contributed by atoms with van der Waals surface area (Å²) in [4.78, 5) is 16.1. The number of pyridine rings is 1. The van der Waals surface area contributed by atoms with Crippen LogP contribution in [0.1, 0.15) is 42.4 Å². The van der Waals surface area contributed by atoms with Crippen LogP contribution in [-0.2, 0) is 5.41 Å². The van der Waals surface area contributed by atoms with Gasteiger partial charge in [0.1, 0.15) is 0 Å². The molecular weight excluding hydrogens is 330 g/mol. The first-order chi connectivity index (χ1) is 9.70. The molecule has 3 nitrogen and oxygen atoms in total. The summed E-state index contributed by atoms with van der Waals surface area (Å²) in [6.07, 6.45) is 0. The molecule has 0 aliphatic rings. The molecule has 0 spiro atoms. The zero-order valence-corrected chi connectivity index (χ0v) is 14.2. The van der Waals surface area contributed by atoms with Gasteiger partial charge in [0.2, 0.25) is 0 Å². The van der Waals surface area contributed by atoms with Crippen LogP contribution in [0.4, 0.5) is 0 Å². The van der Waals surface area contributed by atoms with Crippen molar-refractivity contribution in [2.24, 2.45) is 0 Å². The highest BCUT2D eigenvalue weighted by Crippen LogP contribution is 2.30. The standard InChI is InChI=1S/C17H18BrNO2/c1-10-9-13(16(20)21)15(17(2,3)4)19-14(10)11-5-7-12(18)8-6-11/h5-9H,1-4H3,(H,20,21). The van der Waals surface area contributed by atoms with Crippen LogP contribution < -0.4 is 0 Å². The second-order valence-electron chi connectivity index (χ2n) is 6.11. The first kappa shape index (κ1) is 15.7. The summed E-state index contributed by atoms with van der Waals surface area (Å²) in [7, 11) is 0. The minimum Gasteiger partial charge on any atom is -0.478 e. The summed E-state index contributed by atoms with van der Waals surface area (Å²) in [5, 5.41) is 9.41. The third-order valence-electron chi connectivity index (χ3n) is 3.27. The van der Waals surface area contributed by atoms with Gasteiger partial charge < -0.3 is 5.11 Å². The minimum atomic E-state index is -0.933. The summed E-state index contributed by atoms with van der Waals surface area (Å²) < 4.78 is 1.00. The molecule has 0 radical (unpaired) electrons. The molecule has 0 aliphatic carbocycles. The number of aromatic carboxylic acids is 1. The lowest BCUT2D eigenvalue weighted by Gasteiger charge is -2.22. The Labute approximate surface area is 133 Å². The molecule has 1 aromatic carbocycles. The summed E-state index contributed by atoms with van der Waals surface area (Å²) in [5.41, 5.74) is 3.24. The maximum Gasteiger partial charge on any atom is 0.337 e. The number of carbonyl (C=O) groups is 1. The van der Waals surface area contributed by atoms with Crippen molar-refractivity contribution in [2.45, 2.75) is 33.1 Å². The SMILES string of the molecule is Cc1cc(C(=O)O)c(C(C)(C)C)nc1-c1ccc(Br)cc1. The third-order valence-corrected chi connectivity index (χ3v) is 3.80. The van der Waals surface area contributed by atoms with Crippen LogP contribution in [0.25, 0.3) is 11.3 Å². The van der Waals surface area contributed by atoms with E-state index in [1.165, 1.54) is 0 Å². The Bertz CT molecular complexity index is 685. The van der Waals surface area contributed by atoms with Crippen molar-refractivity contribution in [3.63, 3.8) is 0 Å². The lowest BCUT2D eigenvalue weighted by molar-refractivity contribution is 0.0693. The molecule has 2 aromatic rings. The van der Waals surface area contributed by atoms with Crippen LogP contribution >= 0.6 is 15.9 Å². The van der Waals surface area contributed by atoms with Gasteiger partial charge in [-0.05, 0) is 30.7 Å².